The molecule has 4 fully saturated rings. The molecule has 0 bridgehead atoms. The van der Waals surface area contributed by atoms with Crippen molar-refractivity contribution >= 4 is 0 Å². The summed E-state index contributed by atoms with van der Waals surface area (Å²) < 4.78 is 14.2. The highest BCUT2D eigenvalue weighted by atomic mass is 19.1. The van der Waals surface area contributed by atoms with Gasteiger partial charge in [-0.25, -0.2) is 4.39 Å². The van der Waals surface area contributed by atoms with Gasteiger partial charge < -0.3 is 10.2 Å². The van der Waals surface area contributed by atoms with E-state index < -0.39 is 12.3 Å². The standard InChI is InChI=1S/C19H31FO2/c1-18-7-4-3-5-11(18)9-15(21)16-12(18)6-8-19(2)13(16)10-14(20)17(19)22/h11-17,21-22H,3-10H2,1-2H3/t11-,12+,13+,14-,15-,16-,17+,18+,19+/m1/s1. The lowest BCUT2D eigenvalue weighted by atomic mass is 9.44. The zero-order valence-corrected chi connectivity index (χ0v) is 14.0. The largest absolute Gasteiger partial charge is 0.393 e. The Labute approximate surface area is 133 Å². The minimum absolute atomic E-state index is 0.158. The Kier molecular flexibility index (Phi) is 3.44. The van der Waals surface area contributed by atoms with E-state index in [2.05, 4.69) is 13.8 Å². The third-order valence-electron chi connectivity index (χ3n) is 8.54. The molecular formula is C19H31FO2. The van der Waals surface area contributed by atoms with E-state index in [1.54, 1.807) is 0 Å². The molecule has 2 N–H and O–H groups in total. The molecule has 3 heteroatoms. The zero-order valence-electron chi connectivity index (χ0n) is 14.0. The minimum atomic E-state index is -1.10. The predicted molar refractivity (Wildman–Crippen MR) is 84.0 cm³/mol. The topological polar surface area (TPSA) is 40.5 Å². The number of aliphatic hydroxyl groups excluding tert-OH is 2. The third-order valence-corrected chi connectivity index (χ3v) is 8.54. The number of hydrogen-bond donors (Lipinski definition) is 2. The quantitative estimate of drug-likeness (QED) is 0.716. The molecule has 0 aromatic heterocycles. The molecule has 0 saturated heterocycles. The van der Waals surface area contributed by atoms with Gasteiger partial charge in [0.05, 0.1) is 12.2 Å². The Bertz CT molecular complexity index is 455. The molecule has 2 nitrogen and oxygen atoms in total. The molecule has 0 aliphatic heterocycles. The smallest absolute Gasteiger partial charge is 0.127 e. The SMILES string of the molecule is C[C@]12CCCC[C@@H]1C[C@@H](O)[C@@H]1[C@@H]2CC[C@]2(C)[C@@H](O)[C@H](F)C[C@@H]12. The minimum Gasteiger partial charge on any atom is -0.393 e. The Morgan fingerprint density at radius 1 is 0.909 bits per heavy atom. The number of fused-ring (bicyclic) bond motifs is 5. The second-order valence-corrected chi connectivity index (χ2v) is 9.28. The molecule has 0 aromatic rings. The molecule has 0 radical (unpaired) electrons. The number of halogens is 1. The molecule has 4 rings (SSSR count). The number of hydrogen-bond acceptors (Lipinski definition) is 2. The summed E-state index contributed by atoms with van der Waals surface area (Å²) in [6.07, 6.45) is 6.27. The molecule has 4 saturated carbocycles. The molecule has 0 unspecified atom stereocenters. The van der Waals surface area contributed by atoms with Crippen molar-refractivity contribution in [3.05, 3.63) is 0 Å². The summed E-state index contributed by atoms with van der Waals surface area (Å²) in [4.78, 5) is 0. The van der Waals surface area contributed by atoms with Crippen LogP contribution in [0.2, 0.25) is 0 Å². The Balaban J connectivity index is 1.70. The lowest BCUT2D eigenvalue weighted by molar-refractivity contribution is -0.168. The van der Waals surface area contributed by atoms with E-state index in [-0.39, 0.29) is 23.4 Å². The Hall–Kier alpha value is -0.150. The van der Waals surface area contributed by atoms with Crippen molar-refractivity contribution in [1.29, 1.82) is 0 Å². The van der Waals surface area contributed by atoms with Crippen LogP contribution >= 0.6 is 0 Å². The van der Waals surface area contributed by atoms with E-state index in [1.165, 1.54) is 25.7 Å². The summed E-state index contributed by atoms with van der Waals surface area (Å²) in [5, 5.41) is 21.3. The molecule has 4 aliphatic rings. The van der Waals surface area contributed by atoms with Crippen LogP contribution < -0.4 is 0 Å². The van der Waals surface area contributed by atoms with Crippen molar-refractivity contribution in [2.24, 2.45) is 34.5 Å². The van der Waals surface area contributed by atoms with Crippen LogP contribution in [0.25, 0.3) is 0 Å². The van der Waals surface area contributed by atoms with E-state index in [4.69, 9.17) is 0 Å². The van der Waals surface area contributed by atoms with Crippen LogP contribution in [0.5, 0.6) is 0 Å². The van der Waals surface area contributed by atoms with Gasteiger partial charge in [0.1, 0.15) is 6.17 Å². The second-order valence-electron chi connectivity index (χ2n) is 9.28. The van der Waals surface area contributed by atoms with Gasteiger partial charge in [-0.3, -0.25) is 0 Å². The third kappa shape index (κ3) is 1.84. The van der Waals surface area contributed by atoms with Crippen LogP contribution in [0, 0.1) is 34.5 Å². The first kappa shape index (κ1) is 15.4. The van der Waals surface area contributed by atoms with Crippen LogP contribution in [0.15, 0.2) is 0 Å². The van der Waals surface area contributed by atoms with Gasteiger partial charge in [-0.05, 0) is 73.0 Å². The highest BCUT2D eigenvalue weighted by Gasteiger charge is 2.64. The first-order valence-electron chi connectivity index (χ1n) is 9.38. The highest BCUT2D eigenvalue weighted by molar-refractivity contribution is 5.12. The van der Waals surface area contributed by atoms with Crippen LogP contribution in [-0.2, 0) is 0 Å². The van der Waals surface area contributed by atoms with Crippen molar-refractivity contribution in [2.75, 3.05) is 0 Å². The van der Waals surface area contributed by atoms with Crippen molar-refractivity contribution in [1.82, 2.24) is 0 Å². The lowest BCUT2D eigenvalue weighted by Gasteiger charge is -2.61. The van der Waals surface area contributed by atoms with Gasteiger partial charge in [0.2, 0.25) is 0 Å². The number of aliphatic hydroxyl groups is 2. The fourth-order valence-corrected chi connectivity index (χ4v) is 7.20. The van der Waals surface area contributed by atoms with E-state index in [1.807, 2.05) is 0 Å². The number of alkyl halides is 1. The fourth-order valence-electron chi connectivity index (χ4n) is 7.20. The zero-order chi connectivity index (χ0) is 15.7. The van der Waals surface area contributed by atoms with E-state index >= 15 is 0 Å². The molecule has 0 heterocycles. The van der Waals surface area contributed by atoms with Crippen LogP contribution in [0.4, 0.5) is 4.39 Å². The predicted octanol–water partition coefficient (Wildman–Crippen LogP) is 3.70. The Morgan fingerprint density at radius 2 is 1.68 bits per heavy atom. The van der Waals surface area contributed by atoms with E-state index in [9.17, 15) is 14.6 Å². The van der Waals surface area contributed by atoms with Crippen molar-refractivity contribution in [3.8, 4) is 0 Å². The maximum Gasteiger partial charge on any atom is 0.127 e. The second kappa shape index (κ2) is 4.92. The first-order chi connectivity index (χ1) is 10.4. The van der Waals surface area contributed by atoms with Gasteiger partial charge in [0.15, 0.2) is 0 Å². The van der Waals surface area contributed by atoms with Crippen LogP contribution in [0.3, 0.4) is 0 Å². The highest BCUT2D eigenvalue weighted by Crippen LogP contribution is 2.66. The lowest BCUT2D eigenvalue weighted by Crippen LogP contribution is -2.58. The molecule has 126 valence electrons. The maximum atomic E-state index is 14.2. The average molecular weight is 310 g/mol. The summed E-state index contributed by atoms with van der Waals surface area (Å²) in [7, 11) is 0. The van der Waals surface area contributed by atoms with E-state index in [0.717, 1.165) is 19.3 Å². The maximum absolute atomic E-state index is 14.2. The molecule has 4 aliphatic carbocycles. The van der Waals surface area contributed by atoms with Gasteiger partial charge >= 0.3 is 0 Å². The fraction of sp³-hybridized carbons (Fsp3) is 1.00. The Morgan fingerprint density at radius 3 is 2.45 bits per heavy atom. The summed E-state index contributed by atoms with van der Waals surface area (Å²) in [6, 6.07) is 0. The first-order valence-corrected chi connectivity index (χ1v) is 9.38. The van der Waals surface area contributed by atoms with Crippen molar-refractivity contribution in [2.45, 2.75) is 83.6 Å². The molecule has 0 aromatic carbocycles. The molecule has 22 heavy (non-hydrogen) atoms. The monoisotopic (exact) mass is 310 g/mol. The summed E-state index contributed by atoms with van der Waals surface area (Å²) in [5.74, 6) is 1.53. The van der Waals surface area contributed by atoms with E-state index in [0.29, 0.717) is 23.7 Å². The molecule has 9 atom stereocenters. The molecule has 0 spiro atoms. The van der Waals surface area contributed by atoms with Crippen molar-refractivity contribution in [3.63, 3.8) is 0 Å². The average Bonchev–Trinajstić information content (AvgIpc) is 2.71. The number of rotatable bonds is 0. The summed E-state index contributed by atoms with van der Waals surface area (Å²) >= 11 is 0. The van der Waals surface area contributed by atoms with Gasteiger partial charge in [-0.15, -0.1) is 0 Å². The summed E-state index contributed by atoms with van der Waals surface area (Å²) in [6.45, 7) is 4.52. The van der Waals surface area contributed by atoms with Gasteiger partial charge in [-0.2, -0.15) is 0 Å². The van der Waals surface area contributed by atoms with Crippen molar-refractivity contribution < 1.29 is 14.6 Å². The molecule has 0 amide bonds. The van der Waals surface area contributed by atoms with Crippen LogP contribution in [0.1, 0.15) is 65.2 Å². The van der Waals surface area contributed by atoms with Gasteiger partial charge in [0.25, 0.3) is 0 Å². The summed E-state index contributed by atoms with van der Waals surface area (Å²) in [5.41, 5.74) is 0.0161. The normalized spacial score (nSPS) is 61.2. The van der Waals surface area contributed by atoms with Gasteiger partial charge in [0, 0.05) is 0 Å². The van der Waals surface area contributed by atoms with Gasteiger partial charge in [-0.1, -0.05) is 26.7 Å². The molecular weight excluding hydrogens is 279 g/mol. The van der Waals surface area contributed by atoms with Crippen LogP contribution in [-0.4, -0.2) is 28.6 Å².